The fourth-order valence-corrected chi connectivity index (χ4v) is 6.08. The van der Waals surface area contributed by atoms with Gasteiger partial charge in [0.15, 0.2) is 0 Å². The lowest BCUT2D eigenvalue weighted by atomic mass is 9.46. The highest BCUT2D eigenvalue weighted by Crippen LogP contribution is 2.73. The van der Waals surface area contributed by atoms with Crippen LogP contribution in [0.25, 0.3) is 0 Å². The molecule has 3 rings (SSSR count). The molecule has 0 aromatic rings. The third-order valence-corrected chi connectivity index (χ3v) is 7.45. The van der Waals surface area contributed by atoms with Gasteiger partial charge in [0.05, 0.1) is 12.2 Å². The molecule has 0 aliphatic heterocycles. The summed E-state index contributed by atoms with van der Waals surface area (Å²) >= 11 is 0. The summed E-state index contributed by atoms with van der Waals surface area (Å²) in [4.78, 5) is 0. The summed E-state index contributed by atoms with van der Waals surface area (Å²) in [5.41, 5.74) is 2.19. The van der Waals surface area contributed by atoms with E-state index < -0.39 is 6.10 Å². The van der Waals surface area contributed by atoms with E-state index in [0.717, 1.165) is 36.2 Å². The second-order valence-electron chi connectivity index (χ2n) is 8.55. The first-order valence-electron chi connectivity index (χ1n) is 8.97. The Balaban J connectivity index is 1.70. The average Bonchev–Trinajstić information content (AvgIpc) is 2.89. The third kappa shape index (κ3) is 2.14. The van der Waals surface area contributed by atoms with Crippen LogP contribution >= 0.6 is 0 Å². The Labute approximate surface area is 135 Å². The molecule has 2 nitrogen and oxygen atoms in total. The van der Waals surface area contributed by atoms with Crippen LogP contribution in [0.15, 0.2) is 24.3 Å². The number of allylic oxidation sites excluding steroid dienone is 1. The van der Waals surface area contributed by atoms with E-state index in [1.165, 1.54) is 18.4 Å². The maximum Gasteiger partial charge on any atom is 0.0747 e. The van der Waals surface area contributed by atoms with E-state index in [0.29, 0.717) is 18.3 Å². The van der Waals surface area contributed by atoms with E-state index >= 15 is 0 Å². The molecule has 0 radical (unpaired) electrons. The van der Waals surface area contributed by atoms with E-state index in [9.17, 15) is 10.2 Å². The molecule has 0 saturated heterocycles. The topological polar surface area (TPSA) is 40.5 Å². The molecule has 0 aromatic heterocycles. The van der Waals surface area contributed by atoms with Crippen molar-refractivity contribution in [2.24, 2.45) is 35.0 Å². The summed E-state index contributed by atoms with van der Waals surface area (Å²) in [7, 11) is 0. The highest BCUT2D eigenvalue weighted by Gasteiger charge is 2.70. The fraction of sp³-hybridized carbons (Fsp3) is 0.800. The maximum absolute atomic E-state index is 10.7. The SMILES string of the molecule is C=C(C)C(O)CCC(=C)[C@@H]1C[C@@H](O)[C@@]2(C)[C@@H]1[C@@H]1[C@H](C)CC[C@@H]12. The molecular formula is C20H32O2. The average molecular weight is 304 g/mol. The van der Waals surface area contributed by atoms with Crippen molar-refractivity contribution in [2.45, 2.75) is 65.1 Å². The van der Waals surface area contributed by atoms with Crippen LogP contribution in [-0.2, 0) is 0 Å². The second kappa shape index (κ2) is 5.49. The van der Waals surface area contributed by atoms with Gasteiger partial charge in [0.2, 0.25) is 0 Å². The van der Waals surface area contributed by atoms with Gasteiger partial charge < -0.3 is 10.2 Å². The van der Waals surface area contributed by atoms with Gasteiger partial charge >= 0.3 is 0 Å². The molecule has 3 fully saturated rings. The first kappa shape index (κ1) is 16.3. The minimum atomic E-state index is -0.422. The van der Waals surface area contributed by atoms with Crippen LogP contribution in [0.1, 0.15) is 52.9 Å². The van der Waals surface area contributed by atoms with Gasteiger partial charge in [-0.3, -0.25) is 0 Å². The van der Waals surface area contributed by atoms with Crippen molar-refractivity contribution in [1.29, 1.82) is 0 Å². The standard InChI is InChI=1S/C20H32O2/c1-11(2)16(21)9-7-12(3)14-10-17(22)20(5)15-8-6-13(4)18(15)19(14)20/h13-19,21-22H,1,3,6-10H2,2,4-5H3/t13-,14+,15+,16?,17-,18-,19+,20+/m1/s1. The Morgan fingerprint density at radius 3 is 2.64 bits per heavy atom. The summed E-state index contributed by atoms with van der Waals surface area (Å²) < 4.78 is 0. The van der Waals surface area contributed by atoms with E-state index in [1.807, 2.05) is 6.92 Å². The monoisotopic (exact) mass is 304 g/mol. The van der Waals surface area contributed by atoms with Crippen molar-refractivity contribution in [2.75, 3.05) is 0 Å². The molecule has 3 saturated carbocycles. The number of hydrogen-bond donors (Lipinski definition) is 2. The van der Waals surface area contributed by atoms with Gasteiger partial charge in [-0.2, -0.15) is 0 Å². The molecule has 3 aliphatic carbocycles. The zero-order chi connectivity index (χ0) is 16.2. The van der Waals surface area contributed by atoms with Crippen molar-refractivity contribution < 1.29 is 10.2 Å². The van der Waals surface area contributed by atoms with Crippen molar-refractivity contribution in [1.82, 2.24) is 0 Å². The van der Waals surface area contributed by atoms with E-state index in [-0.39, 0.29) is 11.5 Å². The van der Waals surface area contributed by atoms with Crippen LogP contribution in [0.5, 0.6) is 0 Å². The molecule has 0 heterocycles. The molecule has 0 bridgehead atoms. The minimum absolute atomic E-state index is 0.121. The van der Waals surface area contributed by atoms with Crippen LogP contribution < -0.4 is 0 Å². The molecular weight excluding hydrogens is 272 g/mol. The predicted octanol–water partition coefficient (Wildman–Crippen LogP) is 3.94. The van der Waals surface area contributed by atoms with Gasteiger partial charge in [-0.25, -0.2) is 0 Å². The third-order valence-electron chi connectivity index (χ3n) is 7.45. The van der Waals surface area contributed by atoms with Crippen LogP contribution in [0.2, 0.25) is 0 Å². The Morgan fingerprint density at radius 1 is 1.32 bits per heavy atom. The number of rotatable bonds is 5. The Kier molecular flexibility index (Phi) is 4.06. The lowest BCUT2D eigenvalue weighted by molar-refractivity contribution is -0.142. The predicted molar refractivity (Wildman–Crippen MR) is 90.3 cm³/mol. The quantitative estimate of drug-likeness (QED) is 0.755. The highest BCUT2D eigenvalue weighted by atomic mass is 16.3. The first-order valence-corrected chi connectivity index (χ1v) is 8.97. The zero-order valence-electron chi connectivity index (χ0n) is 14.4. The molecule has 1 unspecified atom stereocenters. The van der Waals surface area contributed by atoms with Gasteiger partial charge in [0.25, 0.3) is 0 Å². The fourth-order valence-electron chi connectivity index (χ4n) is 6.08. The van der Waals surface area contributed by atoms with E-state index in [1.54, 1.807) is 0 Å². The molecule has 2 heteroatoms. The molecule has 124 valence electrons. The summed E-state index contributed by atoms with van der Waals surface area (Å²) in [6.07, 6.45) is 4.47. The molecule has 3 aliphatic rings. The number of fused-ring (bicyclic) bond motifs is 4. The molecule has 8 atom stereocenters. The van der Waals surface area contributed by atoms with Gasteiger partial charge in [-0.1, -0.05) is 44.6 Å². The molecule has 0 amide bonds. The highest BCUT2D eigenvalue weighted by molar-refractivity contribution is 5.24. The van der Waals surface area contributed by atoms with Crippen molar-refractivity contribution in [3.8, 4) is 0 Å². The van der Waals surface area contributed by atoms with E-state index in [2.05, 4.69) is 27.0 Å². The summed E-state index contributed by atoms with van der Waals surface area (Å²) in [6, 6.07) is 0. The van der Waals surface area contributed by atoms with Crippen LogP contribution in [0.3, 0.4) is 0 Å². The summed E-state index contributed by atoms with van der Waals surface area (Å²) in [6.45, 7) is 14.7. The van der Waals surface area contributed by atoms with Gasteiger partial charge in [0.1, 0.15) is 0 Å². The molecule has 2 N–H and O–H groups in total. The van der Waals surface area contributed by atoms with Crippen molar-refractivity contribution >= 4 is 0 Å². The normalized spacial score (nSPS) is 47.5. The Hall–Kier alpha value is -0.600. The van der Waals surface area contributed by atoms with Gasteiger partial charge in [-0.05, 0) is 62.2 Å². The molecule has 22 heavy (non-hydrogen) atoms. The lowest BCUT2D eigenvalue weighted by Gasteiger charge is -2.58. The molecule has 0 aromatic carbocycles. The summed E-state index contributed by atoms with van der Waals surface area (Å²) in [5.74, 6) is 3.36. The number of aliphatic hydroxyl groups excluding tert-OH is 2. The van der Waals surface area contributed by atoms with Crippen LogP contribution in [0, 0.1) is 35.0 Å². The Bertz CT molecular complexity index is 482. The molecule has 0 spiro atoms. The lowest BCUT2D eigenvalue weighted by Crippen LogP contribution is -2.57. The number of aliphatic hydroxyl groups is 2. The van der Waals surface area contributed by atoms with E-state index in [4.69, 9.17) is 0 Å². The van der Waals surface area contributed by atoms with Crippen LogP contribution in [-0.4, -0.2) is 22.4 Å². The smallest absolute Gasteiger partial charge is 0.0747 e. The van der Waals surface area contributed by atoms with Crippen LogP contribution in [0.4, 0.5) is 0 Å². The van der Waals surface area contributed by atoms with Crippen molar-refractivity contribution in [3.05, 3.63) is 24.3 Å². The van der Waals surface area contributed by atoms with Gasteiger partial charge in [0, 0.05) is 5.41 Å². The minimum Gasteiger partial charge on any atom is -0.393 e. The zero-order valence-corrected chi connectivity index (χ0v) is 14.4. The first-order chi connectivity index (χ1) is 10.3. The summed E-state index contributed by atoms with van der Waals surface area (Å²) in [5, 5.41) is 20.6. The Morgan fingerprint density at radius 2 is 2.00 bits per heavy atom. The second-order valence-corrected chi connectivity index (χ2v) is 8.55. The van der Waals surface area contributed by atoms with Crippen molar-refractivity contribution in [3.63, 3.8) is 0 Å². The largest absolute Gasteiger partial charge is 0.393 e. The number of hydrogen-bond acceptors (Lipinski definition) is 2. The van der Waals surface area contributed by atoms with Gasteiger partial charge in [-0.15, -0.1) is 0 Å². The maximum atomic E-state index is 10.7.